The topological polar surface area (TPSA) is 278 Å². The third-order valence-corrected chi connectivity index (χ3v) is 8.22. The molecule has 0 aliphatic rings. The van der Waals surface area contributed by atoms with Crippen LogP contribution in [-0.2, 0) is 34.5 Å². The van der Waals surface area contributed by atoms with Crippen LogP contribution in [0.1, 0.15) is 24.0 Å². The minimum atomic E-state index is -5.06. The first kappa shape index (κ1) is 33.9. The van der Waals surface area contributed by atoms with E-state index in [1.807, 2.05) is 6.07 Å². The van der Waals surface area contributed by atoms with Gasteiger partial charge in [-0.25, -0.2) is 17.6 Å². The highest BCUT2D eigenvalue weighted by Gasteiger charge is 2.23. The average molecular weight is 637 g/mol. The van der Waals surface area contributed by atoms with Gasteiger partial charge in [0.05, 0.1) is 22.8 Å². The Labute approximate surface area is 236 Å². The quantitative estimate of drug-likeness (QED) is 0.0854. The average Bonchev–Trinajstić information content (AvgIpc) is 2.87. The van der Waals surface area contributed by atoms with Crippen LogP contribution in [0.3, 0.4) is 0 Å². The number of sulfone groups is 1. The molecule has 0 aliphatic heterocycles. The molecule has 17 nitrogen and oxygen atoms in total. The van der Waals surface area contributed by atoms with Crippen LogP contribution in [0.5, 0.6) is 0 Å². The van der Waals surface area contributed by atoms with E-state index in [2.05, 4.69) is 30.0 Å². The molecule has 0 aliphatic carbocycles. The summed E-state index contributed by atoms with van der Waals surface area (Å²) in [5.41, 5.74) is -0.124. The second-order valence-corrected chi connectivity index (χ2v) is 12.7. The number of azo groups is 1. The summed E-state index contributed by atoms with van der Waals surface area (Å²) in [4.78, 5) is 2.77. The third kappa shape index (κ3) is 9.94. The number of hydrogen-bond donors (Lipinski definition) is 6. The summed E-state index contributed by atoms with van der Waals surface area (Å²) < 4.78 is 92.8. The Hall–Kier alpha value is -3.29. The normalized spacial score (nSPS) is 12.4. The summed E-state index contributed by atoms with van der Waals surface area (Å²) in [7, 11) is -14.3. The lowest BCUT2D eigenvalue weighted by Crippen LogP contribution is -2.16. The van der Waals surface area contributed by atoms with Crippen LogP contribution >= 0.6 is 0 Å². The van der Waals surface area contributed by atoms with Gasteiger partial charge in [0.25, 0.3) is 10.1 Å². The molecule has 1 aromatic carbocycles. The fourth-order valence-corrected chi connectivity index (χ4v) is 5.46. The monoisotopic (exact) mass is 636 g/mol. The summed E-state index contributed by atoms with van der Waals surface area (Å²) in [6.45, 7) is 0.846. The van der Waals surface area contributed by atoms with Crippen molar-refractivity contribution in [1.29, 1.82) is 5.26 Å². The molecule has 6 N–H and O–H groups in total. The molecule has 20 heteroatoms. The molecule has 0 amide bonds. The number of anilines is 2. The van der Waals surface area contributed by atoms with Crippen LogP contribution in [-0.4, -0.2) is 88.2 Å². The molecule has 0 unspecified atom stereocenters. The van der Waals surface area contributed by atoms with Gasteiger partial charge in [-0.3, -0.25) is 9.11 Å². The van der Waals surface area contributed by atoms with Crippen molar-refractivity contribution in [2.24, 2.45) is 10.2 Å². The molecule has 0 radical (unpaired) electrons. The van der Waals surface area contributed by atoms with Gasteiger partial charge in [-0.1, -0.05) is 0 Å². The van der Waals surface area contributed by atoms with Gasteiger partial charge in [0.1, 0.15) is 28.2 Å². The summed E-state index contributed by atoms with van der Waals surface area (Å²) >= 11 is 0. The molecule has 1 aromatic heterocycles. The van der Waals surface area contributed by atoms with Crippen molar-refractivity contribution < 1.29 is 48.8 Å². The number of aliphatic hydroxyl groups excluding tert-OH is 2. The van der Waals surface area contributed by atoms with Gasteiger partial charge in [-0.2, -0.15) is 22.1 Å². The molecule has 2 aromatic rings. The van der Waals surface area contributed by atoms with Crippen LogP contribution in [0.25, 0.3) is 0 Å². The van der Waals surface area contributed by atoms with Crippen molar-refractivity contribution in [3.05, 3.63) is 29.3 Å². The lowest BCUT2D eigenvalue weighted by Gasteiger charge is -2.15. The molecule has 0 saturated carbocycles. The number of nitriles is 1. The Kier molecular flexibility index (Phi) is 12.0. The van der Waals surface area contributed by atoms with Gasteiger partial charge in [-0.15, -0.1) is 10.2 Å². The van der Waals surface area contributed by atoms with E-state index >= 15 is 0 Å². The van der Waals surface area contributed by atoms with Gasteiger partial charge in [0, 0.05) is 31.9 Å². The van der Waals surface area contributed by atoms with Gasteiger partial charge >= 0.3 is 10.4 Å². The number of nitrogens with zero attached hydrogens (tertiary/aromatic N) is 4. The molecular formula is C21H28N6O11S3. The summed E-state index contributed by atoms with van der Waals surface area (Å²) in [6, 6.07) is 4.44. The fraction of sp³-hybridized carbons (Fsp3) is 0.429. The van der Waals surface area contributed by atoms with Gasteiger partial charge in [-0.05, 0) is 38.0 Å². The summed E-state index contributed by atoms with van der Waals surface area (Å²) in [5.74, 6) is -0.672. The Morgan fingerprint density at radius 3 is 2.12 bits per heavy atom. The van der Waals surface area contributed by atoms with Gasteiger partial charge in [0.15, 0.2) is 15.7 Å². The molecule has 0 atom stereocenters. The predicted molar refractivity (Wildman–Crippen MR) is 144 cm³/mol. The van der Waals surface area contributed by atoms with Crippen molar-refractivity contribution >= 4 is 53.4 Å². The van der Waals surface area contributed by atoms with Gasteiger partial charge < -0.3 is 20.8 Å². The number of nitrogens with one attached hydrogen (secondary N) is 2. The SMILES string of the molecule is Cc1c(C#N)c(NCCCO)nc(NCCCO)c1N=Nc1ccc(S(=O)(=O)CCOS(=O)(=O)O)cc1S(=O)(=O)O. The first-order valence-electron chi connectivity index (χ1n) is 11.7. The van der Waals surface area contributed by atoms with Crippen molar-refractivity contribution in [3.63, 3.8) is 0 Å². The summed E-state index contributed by atoms with van der Waals surface area (Å²) in [6.07, 6.45) is 0.695. The molecule has 41 heavy (non-hydrogen) atoms. The zero-order valence-electron chi connectivity index (χ0n) is 21.5. The van der Waals surface area contributed by atoms with Crippen molar-refractivity contribution in [2.75, 3.05) is 49.3 Å². The van der Waals surface area contributed by atoms with E-state index in [0.29, 0.717) is 25.5 Å². The Balaban J connectivity index is 2.58. The molecule has 1 heterocycles. The number of benzene rings is 1. The maximum absolute atomic E-state index is 12.5. The van der Waals surface area contributed by atoms with Crippen LogP contribution in [0.4, 0.5) is 23.0 Å². The second-order valence-electron chi connectivity index (χ2n) is 8.15. The molecule has 0 bridgehead atoms. The third-order valence-electron chi connectivity index (χ3n) is 5.19. The number of hydrogen-bond acceptors (Lipinski definition) is 15. The van der Waals surface area contributed by atoms with Crippen molar-refractivity contribution in [1.82, 2.24) is 4.98 Å². The lowest BCUT2D eigenvalue weighted by atomic mass is 10.1. The fourth-order valence-electron chi connectivity index (χ4n) is 3.22. The zero-order chi connectivity index (χ0) is 30.8. The summed E-state index contributed by atoms with van der Waals surface area (Å²) in [5, 5.41) is 41.6. The zero-order valence-corrected chi connectivity index (χ0v) is 24.0. The number of pyridine rings is 1. The van der Waals surface area contributed by atoms with Crippen LogP contribution < -0.4 is 10.6 Å². The molecular weight excluding hydrogens is 608 g/mol. The van der Waals surface area contributed by atoms with E-state index in [9.17, 15) is 35.1 Å². The number of aliphatic hydroxyl groups is 2. The highest BCUT2D eigenvalue weighted by molar-refractivity contribution is 7.91. The Morgan fingerprint density at radius 2 is 1.59 bits per heavy atom. The number of rotatable bonds is 16. The first-order valence-corrected chi connectivity index (χ1v) is 16.1. The van der Waals surface area contributed by atoms with E-state index in [-0.39, 0.29) is 48.2 Å². The van der Waals surface area contributed by atoms with E-state index < -0.39 is 58.2 Å². The minimum absolute atomic E-state index is 0.00699. The number of aromatic nitrogens is 1. The molecule has 0 spiro atoms. The maximum atomic E-state index is 12.5. The highest BCUT2D eigenvalue weighted by atomic mass is 32.3. The largest absolute Gasteiger partial charge is 0.397 e. The van der Waals surface area contributed by atoms with E-state index in [4.69, 9.17) is 14.8 Å². The lowest BCUT2D eigenvalue weighted by molar-refractivity contribution is 0.283. The predicted octanol–water partition coefficient (Wildman–Crippen LogP) is 1.11. The Morgan fingerprint density at radius 1 is 0.976 bits per heavy atom. The van der Waals surface area contributed by atoms with E-state index in [1.54, 1.807) is 0 Å². The minimum Gasteiger partial charge on any atom is -0.396 e. The van der Waals surface area contributed by atoms with Crippen LogP contribution in [0, 0.1) is 18.3 Å². The molecule has 0 saturated heterocycles. The second kappa shape index (κ2) is 14.6. The first-order chi connectivity index (χ1) is 19.1. The van der Waals surface area contributed by atoms with E-state index in [0.717, 1.165) is 12.1 Å². The molecule has 226 valence electrons. The van der Waals surface area contributed by atoms with E-state index in [1.165, 1.54) is 6.92 Å². The smallest absolute Gasteiger partial charge is 0.396 e. The van der Waals surface area contributed by atoms with Gasteiger partial charge in [0.2, 0.25) is 0 Å². The molecule has 0 fully saturated rings. The van der Waals surface area contributed by atoms with Crippen molar-refractivity contribution in [3.8, 4) is 6.07 Å². The van der Waals surface area contributed by atoms with Crippen LogP contribution in [0.2, 0.25) is 0 Å². The standard InChI is InChI=1S/C21H28N6O11S3/c1-14-16(13-22)20(23-6-2-8-28)25-21(24-7-3-9-29)19(14)27-26-17-5-4-15(12-18(17)40(32,33)34)39(30,31)11-10-38-41(35,36)37/h4-5,12,28-29H,2-3,6-11H2,1H3,(H2,23,24,25)(H,32,33,34)(H,35,36,37). The Bertz CT molecular complexity index is 1640. The molecule has 2 rings (SSSR count). The van der Waals surface area contributed by atoms with Crippen LogP contribution in [0.15, 0.2) is 38.2 Å². The van der Waals surface area contributed by atoms with Crippen molar-refractivity contribution in [2.45, 2.75) is 29.6 Å². The highest BCUT2D eigenvalue weighted by Crippen LogP contribution is 2.36. The maximum Gasteiger partial charge on any atom is 0.397 e.